The first-order valence-corrected chi connectivity index (χ1v) is 10.8. The fourth-order valence-corrected chi connectivity index (χ4v) is 3.44. The van der Waals surface area contributed by atoms with Gasteiger partial charge in [0.2, 0.25) is 5.91 Å². The van der Waals surface area contributed by atoms with Crippen LogP contribution in [0.5, 0.6) is 0 Å². The summed E-state index contributed by atoms with van der Waals surface area (Å²) in [6, 6.07) is 7.44. The molecule has 0 radical (unpaired) electrons. The average molecular weight is 443 g/mol. The van der Waals surface area contributed by atoms with Crippen molar-refractivity contribution < 1.29 is 9.59 Å². The maximum atomic E-state index is 12.9. The number of allylic oxidation sites excluding steroid dienone is 1. The first-order chi connectivity index (χ1) is 14.5. The van der Waals surface area contributed by atoms with Crippen molar-refractivity contribution >= 4 is 29.6 Å². The Hall–Kier alpha value is -2.62. The summed E-state index contributed by atoms with van der Waals surface area (Å²) in [6.45, 7) is 10.3. The van der Waals surface area contributed by atoms with E-state index in [4.69, 9.17) is 17.0 Å². The second-order valence-electron chi connectivity index (χ2n) is 9.14. The van der Waals surface area contributed by atoms with Gasteiger partial charge >= 0.3 is 0 Å². The van der Waals surface area contributed by atoms with Crippen molar-refractivity contribution in [2.75, 3.05) is 0 Å². The van der Waals surface area contributed by atoms with E-state index in [1.165, 1.54) is 6.21 Å². The highest BCUT2D eigenvalue weighted by Crippen LogP contribution is 2.20. The SMILES string of the molecule is CC(C)NC1CC=CC(NC(=O)c2cc(CNC(=O)CC(C)(C)C)c#cc2Cl)=C1C=N. The number of hydrogen-bond donors (Lipinski definition) is 4. The molecule has 1 unspecified atom stereocenters. The summed E-state index contributed by atoms with van der Waals surface area (Å²) in [5.74, 6) is -0.472. The van der Waals surface area contributed by atoms with Gasteiger partial charge in [-0.25, -0.2) is 0 Å². The molecule has 166 valence electrons. The normalized spacial score (nSPS) is 16.2. The minimum absolute atomic E-state index is 0.0440. The predicted octanol–water partition coefficient (Wildman–Crippen LogP) is 3.95. The van der Waals surface area contributed by atoms with E-state index in [9.17, 15) is 9.59 Å². The topological polar surface area (TPSA) is 94.1 Å². The summed E-state index contributed by atoms with van der Waals surface area (Å²) < 4.78 is 0. The lowest BCUT2D eigenvalue weighted by Gasteiger charge is -2.26. The first-order valence-electron chi connectivity index (χ1n) is 10.4. The lowest BCUT2D eigenvalue weighted by molar-refractivity contribution is -0.122. The Labute approximate surface area is 190 Å². The fourth-order valence-electron chi connectivity index (χ4n) is 3.25. The summed E-state index contributed by atoms with van der Waals surface area (Å²) in [5, 5.41) is 17.0. The minimum Gasteiger partial charge on any atom is -0.351 e. The van der Waals surface area contributed by atoms with Crippen molar-refractivity contribution in [3.8, 4) is 0 Å². The van der Waals surface area contributed by atoms with Gasteiger partial charge in [0.05, 0.1) is 12.1 Å². The van der Waals surface area contributed by atoms with Crippen molar-refractivity contribution in [2.24, 2.45) is 5.41 Å². The third kappa shape index (κ3) is 7.54. The van der Waals surface area contributed by atoms with E-state index in [2.05, 4.69) is 28.1 Å². The second-order valence-corrected chi connectivity index (χ2v) is 9.52. The summed E-state index contributed by atoms with van der Waals surface area (Å²) in [5.41, 5.74) is 2.01. The molecule has 0 aliphatic heterocycles. The summed E-state index contributed by atoms with van der Waals surface area (Å²) >= 11 is 6.20. The smallest absolute Gasteiger partial charge is 0.257 e. The molecule has 1 aliphatic carbocycles. The highest BCUT2D eigenvalue weighted by molar-refractivity contribution is 6.33. The quantitative estimate of drug-likeness (QED) is 0.459. The van der Waals surface area contributed by atoms with Crippen molar-refractivity contribution in [1.82, 2.24) is 16.0 Å². The molecule has 0 saturated carbocycles. The van der Waals surface area contributed by atoms with Gasteiger partial charge in [0, 0.05) is 41.6 Å². The van der Waals surface area contributed by atoms with E-state index in [1.807, 2.05) is 40.7 Å². The van der Waals surface area contributed by atoms with Gasteiger partial charge in [-0.3, -0.25) is 9.59 Å². The van der Waals surface area contributed by atoms with Crippen LogP contribution >= 0.6 is 11.6 Å². The Balaban J connectivity index is 2.15. The molecule has 7 heteroatoms. The number of carbonyl (C=O) groups is 2. The van der Waals surface area contributed by atoms with Crippen LogP contribution in [0, 0.1) is 23.0 Å². The fraction of sp³-hybridized carbons (Fsp3) is 0.458. The molecule has 1 aromatic carbocycles. The zero-order valence-corrected chi connectivity index (χ0v) is 19.5. The molecule has 1 aromatic rings. The summed E-state index contributed by atoms with van der Waals surface area (Å²) in [6.07, 6.45) is 6.18. The van der Waals surface area contributed by atoms with Crippen LogP contribution in [-0.2, 0) is 11.3 Å². The number of nitrogens with one attached hydrogen (secondary N) is 4. The molecule has 0 spiro atoms. The Morgan fingerprint density at radius 2 is 2.03 bits per heavy atom. The number of rotatable bonds is 8. The predicted molar refractivity (Wildman–Crippen MR) is 124 cm³/mol. The molecular formula is C24H31ClN4O2. The van der Waals surface area contributed by atoms with Gasteiger partial charge < -0.3 is 21.4 Å². The van der Waals surface area contributed by atoms with E-state index >= 15 is 0 Å². The van der Waals surface area contributed by atoms with Gasteiger partial charge in [0.15, 0.2) is 0 Å². The van der Waals surface area contributed by atoms with Gasteiger partial charge in [-0.1, -0.05) is 58.4 Å². The van der Waals surface area contributed by atoms with Crippen molar-refractivity contribution in [3.05, 3.63) is 57.8 Å². The van der Waals surface area contributed by atoms with E-state index in [-0.39, 0.29) is 40.5 Å². The number of amides is 2. The zero-order valence-electron chi connectivity index (χ0n) is 18.8. The highest BCUT2D eigenvalue weighted by atomic mass is 35.5. The largest absolute Gasteiger partial charge is 0.351 e. The summed E-state index contributed by atoms with van der Waals surface area (Å²) in [4.78, 5) is 25.0. The van der Waals surface area contributed by atoms with E-state index in [0.29, 0.717) is 23.3 Å². The molecule has 6 nitrogen and oxygen atoms in total. The maximum absolute atomic E-state index is 12.9. The molecule has 4 N–H and O–H groups in total. The van der Waals surface area contributed by atoms with Crippen LogP contribution in [0.4, 0.5) is 0 Å². The molecule has 2 rings (SSSR count). The molecule has 31 heavy (non-hydrogen) atoms. The van der Waals surface area contributed by atoms with Crippen molar-refractivity contribution in [1.29, 1.82) is 5.41 Å². The highest BCUT2D eigenvalue weighted by Gasteiger charge is 2.22. The monoisotopic (exact) mass is 442 g/mol. The van der Waals surface area contributed by atoms with Gasteiger partial charge in [-0.15, -0.1) is 0 Å². The molecule has 0 heterocycles. The van der Waals surface area contributed by atoms with Crippen molar-refractivity contribution in [2.45, 2.75) is 66.1 Å². The molecule has 1 aliphatic rings. The molecule has 0 bridgehead atoms. The van der Waals surface area contributed by atoms with Crippen LogP contribution in [0.1, 0.15) is 63.4 Å². The molecule has 0 fully saturated rings. The first kappa shape index (κ1) is 24.6. The van der Waals surface area contributed by atoms with Gasteiger partial charge in [0.25, 0.3) is 5.91 Å². The maximum Gasteiger partial charge on any atom is 0.257 e. The molecule has 2 amide bonds. The van der Waals surface area contributed by atoms with Crippen LogP contribution in [0.2, 0.25) is 5.02 Å². The molecule has 1 atom stereocenters. The summed E-state index contributed by atoms with van der Waals surface area (Å²) in [7, 11) is 0. The van der Waals surface area contributed by atoms with Gasteiger partial charge in [-0.2, -0.15) is 0 Å². The Morgan fingerprint density at radius 3 is 2.65 bits per heavy atom. The lowest BCUT2D eigenvalue weighted by atomic mass is 9.92. The third-order valence-electron chi connectivity index (χ3n) is 4.58. The number of halogens is 1. The molecule has 0 saturated heterocycles. The van der Waals surface area contributed by atoms with Gasteiger partial charge in [-0.05, 0) is 30.0 Å². The van der Waals surface area contributed by atoms with E-state index < -0.39 is 5.91 Å². The lowest BCUT2D eigenvalue weighted by Crippen LogP contribution is -2.39. The molecule has 0 aromatic heterocycles. The van der Waals surface area contributed by atoms with Crippen LogP contribution in [0.3, 0.4) is 0 Å². The Kier molecular flexibility index (Phi) is 8.43. The van der Waals surface area contributed by atoms with E-state index in [1.54, 1.807) is 12.1 Å². The number of carbonyl (C=O) groups excluding carboxylic acids is 2. The average Bonchev–Trinajstić information content (AvgIpc) is 2.65. The minimum atomic E-state index is -0.401. The van der Waals surface area contributed by atoms with Crippen molar-refractivity contribution in [3.63, 3.8) is 0 Å². The van der Waals surface area contributed by atoms with Crippen LogP contribution < -0.4 is 16.0 Å². The van der Waals surface area contributed by atoms with Crippen LogP contribution in [0.15, 0.2) is 29.5 Å². The van der Waals surface area contributed by atoms with Crippen LogP contribution in [0.25, 0.3) is 0 Å². The zero-order chi connectivity index (χ0) is 23.2. The Bertz CT molecular complexity index is 897. The third-order valence-corrected chi connectivity index (χ3v) is 4.88. The van der Waals surface area contributed by atoms with Gasteiger partial charge in [0.1, 0.15) is 5.02 Å². The standard InChI is InChI=1S/C24H31ClN4O2/c1-15(2)28-20-7-6-8-21(18(20)13-26)29-23(31)17-11-16(9-10-19(17)25)14-27-22(30)12-24(3,4)5/h6,8,11,13,15,20,26,28H,7,12,14H2,1-5H3,(H,27,30)(H,29,31). The second kappa shape index (κ2) is 10.6. The molecular weight excluding hydrogens is 412 g/mol. The number of hydrogen-bond acceptors (Lipinski definition) is 4. The van der Waals surface area contributed by atoms with E-state index in [0.717, 1.165) is 6.42 Å². The van der Waals surface area contributed by atoms with Crippen LogP contribution in [-0.4, -0.2) is 30.1 Å². The Morgan fingerprint density at radius 1 is 1.32 bits per heavy atom.